The van der Waals surface area contributed by atoms with Gasteiger partial charge in [0.15, 0.2) is 5.78 Å². The van der Waals surface area contributed by atoms with Crippen LogP contribution in [0.5, 0.6) is 0 Å². The zero-order valence-electron chi connectivity index (χ0n) is 12.3. The lowest BCUT2D eigenvalue weighted by Crippen LogP contribution is -2.46. The normalized spacial score (nSPS) is 24.3. The molecule has 3 heteroatoms. The first-order valence-electron chi connectivity index (χ1n) is 8.02. The molecule has 1 saturated heterocycles. The van der Waals surface area contributed by atoms with Gasteiger partial charge in [0.25, 0.3) is 0 Å². The molecule has 2 fully saturated rings. The maximum absolute atomic E-state index is 12.6. The minimum atomic E-state index is -0.526. The Morgan fingerprint density at radius 1 is 1.21 bits per heavy atom. The second-order valence-electron chi connectivity index (χ2n) is 6.01. The highest BCUT2D eigenvalue weighted by Gasteiger charge is 2.40. The van der Waals surface area contributed by atoms with Crippen LogP contribution in [0, 0.1) is 5.92 Å². The molecule has 0 aromatic heterocycles. The number of rotatable bonds is 6. The zero-order valence-corrected chi connectivity index (χ0v) is 12.3. The Kier molecular flexibility index (Phi) is 5.83. The average molecular weight is 268 g/mol. The van der Waals surface area contributed by atoms with E-state index >= 15 is 0 Å². The molecule has 1 aliphatic heterocycles. The van der Waals surface area contributed by atoms with Crippen LogP contribution in [0.3, 0.4) is 0 Å². The van der Waals surface area contributed by atoms with E-state index in [-0.39, 0.29) is 0 Å². The first-order chi connectivity index (χ1) is 9.27. The van der Waals surface area contributed by atoms with Gasteiger partial charge in [-0.2, -0.15) is 0 Å². The first-order valence-corrected chi connectivity index (χ1v) is 8.02. The number of ketones is 1. The predicted molar refractivity (Wildman–Crippen MR) is 75.2 cm³/mol. The zero-order chi connectivity index (χ0) is 13.6. The van der Waals surface area contributed by atoms with Gasteiger partial charge in [0.1, 0.15) is 5.60 Å². The molecule has 0 spiro atoms. The molecule has 1 aliphatic carbocycles. The lowest BCUT2D eigenvalue weighted by atomic mass is 9.82. The number of carbonyl (C=O) groups excluding carboxylic acids is 1. The molecule has 1 heterocycles. The van der Waals surface area contributed by atoms with E-state index in [1.54, 1.807) is 0 Å². The molecular formula is C16H28O3. The third-order valence-electron chi connectivity index (χ3n) is 4.73. The molecule has 19 heavy (non-hydrogen) atoms. The summed E-state index contributed by atoms with van der Waals surface area (Å²) in [6.45, 7) is 3.92. The van der Waals surface area contributed by atoms with Crippen molar-refractivity contribution in [2.75, 3.05) is 19.8 Å². The van der Waals surface area contributed by atoms with E-state index in [0.29, 0.717) is 32.0 Å². The van der Waals surface area contributed by atoms with Gasteiger partial charge >= 0.3 is 0 Å². The van der Waals surface area contributed by atoms with Crippen molar-refractivity contribution in [3.8, 4) is 0 Å². The van der Waals surface area contributed by atoms with Crippen molar-refractivity contribution in [1.82, 2.24) is 0 Å². The van der Waals surface area contributed by atoms with Crippen LogP contribution in [0.25, 0.3) is 0 Å². The molecule has 2 aliphatic rings. The summed E-state index contributed by atoms with van der Waals surface area (Å²) < 4.78 is 11.2. The number of Topliss-reactive ketones (excluding diaryl/α,β-unsaturated/α-hetero) is 1. The second-order valence-corrected chi connectivity index (χ2v) is 6.01. The summed E-state index contributed by atoms with van der Waals surface area (Å²) in [6, 6.07) is 0. The molecule has 0 aromatic rings. The molecular weight excluding hydrogens is 240 g/mol. The van der Waals surface area contributed by atoms with Gasteiger partial charge in [0.05, 0.1) is 0 Å². The van der Waals surface area contributed by atoms with Crippen molar-refractivity contribution in [1.29, 1.82) is 0 Å². The van der Waals surface area contributed by atoms with E-state index in [1.807, 2.05) is 6.92 Å². The molecule has 2 rings (SSSR count). The summed E-state index contributed by atoms with van der Waals surface area (Å²) in [6.07, 6.45) is 9.96. The third-order valence-corrected chi connectivity index (χ3v) is 4.73. The van der Waals surface area contributed by atoms with Crippen LogP contribution in [-0.2, 0) is 14.3 Å². The Labute approximate surface area is 117 Å². The Hall–Kier alpha value is -0.410. The van der Waals surface area contributed by atoms with Crippen molar-refractivity contribution in [3.05, 3.63) is 0 Å². The quantitative estimate of drug-likeness (QED) is 0.739. The molecule has 0 atom stereocenters. The number of hydrogen-bond donors (Lipinski definition) is 0. The standard InChI is InChI=1S/C16H28O3/c1-2-19-16(10-12-18-13-11-16)15(17)9-8-14-6-4-3-5-7-14/h14H,2-13H2,1H3. The van der Waals surface area contributed by atoms with E-state index in [4.69, 9.17) is 9.47 Å². The molecule has 110 valence electrons. The Bertz CT molecular complexity index is 270. The highest BCUT2D eigenvalue weighted by Crippen LogP contribution is 2.31. The topological polar surface area (TPSA) is 35.5 Å². The summed E-state index contributed by atoms with van der Waals surface area (Å²) in [5, 5.41) is 0. The summed E-state index contributed by atoms with van der Waals surface area (Å²) in [7, 11) is 0. The van der Waals surface area contributed by atoms with Gasteiger partial charge < -0.3 is 9.47 Å². The summed E-state index contributed by atoms with van der Waals surface area (Å²) in [5.41, 5.74) is -0.526. The van der Waals surface area contributed by atoms with Crippen molar-refractivity contribution >= 4 is 5.78 Å². The van der Waals surface area contributed by atoms with Crippen LogP contribution in [0.1, 0.15) is 64.7 Å². The molecule has 0 unspecified atom stereocenters. The molecule has 0 radical (unpaired) electrons. The van der Waals surface area contributed by atoms with Crippen molar-refractivity contribution in [2.45, 2.75) is 70.3 Å². The predicted octanol–water partition coefficient (Wildman–Crippen LogP) is 3.50. The summed E-state index contributed by atoms with van der Waals surface area (Å²) in [5.74, 6) is 1.10. The smallest absolute Gasteiger partial charge is 0.164 e. The van der Waals surface area contributed by atoms with Crippen LogP contribution >= 0.6 is 0 Å². The fourth-order valence-electron chi connectivity index (χ4n) is 3.52. The van der Waals surface area contributed by atoms with E-state index in [2.05, 4.69) is 0 Å². The van der Waals surface area contributed by atoms with Gasteiger partial charge in [-0.3, -0.25) is 4.79 Å². The molecule has 0 N–H and O–H groups in total. The summed E-state index contributed by atoms with van der Waals surface area (Å²) >= 11 is 0. The largest absolute Gasteiger partial charge is 0.381 e. The maximum atomic E-state index is 12.6. The van der Waals surface area contributed by atoms with E-state index in [9.17, 15) is 4.79 Å². The average Bonchev–Trinajstić information content (AvgIpc) is 2.47. The van der Waals surface area contributed by atoms with Gasteiger partial charge in [0, 0.05) is 39.1 Å². The van der Waals surface area contributed by atoms with E-state index in [1.165, 1.54) is 32.1 Å². The molecule has 0 bridgehead atoms. The Balaban J connectivity index is 1.84. The monoisotopic (exact) mass is 268 g/mol. The Morgan fingerprint density at radius 3 is 2.53 bits per heavy atom. The first kappa shape index (κ1) is 15.0. The lowest BCUT2D eigenvalue weighted by molar-refractivity contribution is -0.157. The van der Waals surface area contributed by atoms with Crippen molar-refractivity contribution in [3.63, 3.8) is 0 Å². The highest BCUT2D eigenvalue weighted by molar-refractivity contribution is 5.87. The lowest BCUT2D eigenvalue weighted by Gasteiger charge is -2.36. The van der Waals surface area contributed by atoms with Crippen LogP contribution in [0.2, 0.25) is 0 Å². The SMILES string of the molecule is CCOC1(C(=O)CCC2CCCCC2)CCOCC1. The van der Waals surface area contributed by atoms with Gasteiger partial charge in [-0.15, -0.1) is 0 Å². The van der Waals surface area contributed by atoms with Crippen LogP contribution in [-0.4, -0.2) is 31.2 Å². The Morgan fingerprint density at radius 2 is 1.89 bits per heavy atom. The number of hydrogen-bond acceptors (Lipinski definition) is 3. The summed E-state index contributed by atoms with van der Waals surface area (Å²) in [4.78, 5) is 12.6. The molecule has 3 nitrogen and oxygen atoms in total. The van der Waals surface area contributed by atoms with Crippen molar-refractivity contribution < 1.29 is 14.3 Å². The maximum Gasteiger partial charge on any atom is 0.164 e. The minimum Gasteiger partial charge on any atom is -0.381 e. The second kappa shape index (κ2) is 7.39. The van der Waals surface area contributed by atoms with Gasteiger partial charge in [-0.25, -0.2) is 0 Å². The van der Waals surface area contributed by atoms with Crippen LogP contribution < -0.4 is 0 Å². The number of ether oxygens (including phenoxy) is 2. The van der Waals surface area contributed by atoms with Crippen molar-refractivity contribution in [2.24, 2.45) is 5.92 Å². The third kappa shape index (κ3) is 4.03. The molecule has 0 aromatic carbocycles. The fraction of sp³-hybridized carbons (Fsp3) is 0.938. The minimum absolute atomic E-state index is 0.322. The number of carbonyl (C=O) groups is 1. The van der Waals surface area contributed by atoms with Gasteiger partial charge in [-0.05, 0) is 19.3 Å². The van der Waals surface area contributed by atoms with Crippen LogP contribution in [0.15, 0.2) is 0 Å². The fourth-order valence-corrected chi connectivity index (χ4v) is 3.52. The van der Waals surface area contributed by atoms with Crippen LogP contribution in [0.4, 0.5) is 0 Å². The van der Waals surface area contributed by atoms with E-state index in [0.717, 1.165) is 25.2 Å². The molecule has 0 amide bonds. The molecule has 1 saturated carbocycles. The van der Waals surface area contributed by atoms with Gasteiger partial charge in [0.2, 0.25) is 0 Å². The highest BCUT2D eigenvalue weighted by atomic mass is 16.5. The van der Waals surface area contributed by atoms with E-state index < -0.39 is 5.60 Å². The van der Waals surface area contributed by atoms with Gasteiger partial charge in [-0.1, -0.05) is 32.1 Å².